The summed E-state index contributed by atoms with van der Waals surface area (Å²) < 4.78 is 64.7. The third-order valence-corrected chi connectivity index (χ3v) is 18.8. The van der Waals surface area contributed by atoms with E-state index in [1.807, 2.05) is 13.8 Å². The van der Waals surface area contributed by atoms with Crippen LogP contribution < -0.4 is 42.8 Å². The molecule has 18 nitrogen and oxygen atoms in total. The van der Waals surface area contributed by atoms with E-state index in [0.29, 0.717) is 47.9 Å². The predicted octanol–water partition coefficient (Wildman–Crippen LogP) is 3.35. The molecule has 0 spiro atoms. The van der Waals surface area contributed by atoms with Gasteiger partial charge in [0.2, 0.25) is 26.0 Å². The molecule has 0 radical (unpaired) electrons. The maximum Gasteiger partial charge on any atom is 0.350 e. The Labute approximate surface area is 380 Å². The Hall–Kier alpha value is -5.18. The van der Waals surface area contributed by atoms with Gasteiger partial charge in [-0.2, -0.15) is 9.35 Å². The highest BCUT2D eigenvalue weighted by Crippen LogP contribution is 2.82. The van der Waals surface area contributed by atoms with Crippen LogP contribution in [0.2, 0.25) is 0 Å². The SMILES string of the molecule is C=CC(=O)Nn1c(=O)c2cc(S(=O)(=O)NC3(CC4C5CC45C(=O)Nn4c(=O)c5cc(S(=O)(=O)NC6(C)CC6)ccc5n(CC5CCCC(C)(C)C5)c4=O)CC3)ccc2n(CC2(C)CC2)c1=O. The minimum Gasteiger partial charge on any atom is -0.291 e. The summed E-state index contributed by atoms with van der Waals surface area (Å²) in [6.07, 6.45) is 9.52. The van der Waals surface area contributed by atoms with Gasteiger partial charge in [-0.1, -0.05) is 33.8 Å². The molecule has 2 amide bonds. The predicted molar refractivity (Wildman–Crippen MR) is 246 cm³/mol. The zero-order valence-electron chi connectivity index (χ0n) is 37.6. The van der Waals surface area contributed by atoms with E-state index in [9.17, 15) is 45.6 Å². The molecule has 0 saturated heterocycles. The number of benzene rings is 2. The Morgan fingerprint density at radius 1 is 0.742 bits per heavy atom. The minimum absolute atomic E-state index is 0.0214. The number of hydrogen-bond donors (Lipinski definition) is 4. The van der Waals surface area contributed by atoms with Gasteiger partial charge in [0.1, 0.15) is 0 Å². The summed E-state index contributed by atoms with van der Waals surface area (Å²) in [5, 5.41) is -0.102. The number of aromatic nitrogens is 4. The van der Waals surface area contributed by atoms with Crippen molar-refractivity contribution in [3.63, 3.8) is 0 Å². The first-order valence-electron chi connectivity index (χ1n) is 22.8. The quantitative estimate of drug-likeness (QED) is 0.120. The fraction of sp³-hybridized carbons (Fsp3) is 0.565. The first-order chi connectivity index (χ1) is 30.9. The van der Waals surface area contributed by atoms with Crippen LogP contribution in [0.4, 0.5) is 0 Å². The highest BCUT2D eigenvalue weighted by molar-refractivity contribution is 7.89. The molecule has 66 heavy (non-hydrogen) atoms. The fourth-order valence-corrected chi connectivity index (χ4v) is 13.7. The van der Waals surface area contributed by atoms with Crippen LogP contribution in [0.15, 0.2) is 78.0 Å². The van der Waals surface area contributed by atoms with E-state index >= 15 is 0 Å². The van der Waals surface area contributed by atoms with Gasteiger partial charge in [0.25, 0.3) is 17.0 Å². The molecule has 352 valence electrons. The van der Waals surface area contributed by atoms with Crippen LogP contribution in [0.25, 0.3) is 21.8 Å². The summed E-state index contributed by atoms with van der Waals surface area (Å²) in [7, 11) is -8.28. The third-order valence-electron chi connectivity index (χ3n) is 15.6. The summed E-state index contributed by atoms with van der Waals surface area (Å²) in [6, 6.07) is 8.14. The van der Waals surface area contributed by atoms with Gasteiger partial charge in [0.05, 0.1) is 37.0 Å². The number of sulfonamides is 2. The van der Waals surface area contributed by atoms with Gasteiger partial charge in [-0.25, -0.2) is 35.9 Å². The lowest BCUT2D eigenvalue weighted by molar-refractivity contribution is -0.121. The van der Waals surface area contributed by atoms with E-state index in [4.69, 9.17) is 0 Å². The monoisotopic (exact) mass is 944 g/mol. The molecule has 2 aromatic carbocycles. The van der Waals surface area contributed by atoms with E-state index in [1.165, 1.54) is 45.5 Å². The molecule has 2 heterocycles. The normalized spacial score (nSPS) is 26.0. The number of amides is 2. The van der Waals surface area contributed by atoms with Crippen molar-refractivity contribution in [2.45, 2.75) is 139 Å². The lowest BCUT2D eigenvalue weighted by Crippen LogP contribution is -2.49. The number of rotatable bonds is 16. The molecule has 4 atom stereocenters. The number of carbonyl (C=O) groups is 2. The molecule has 6 saturated carbocycles. The Kier molecular flexibility index (Phi) is 9.92. The summed E-state index contributed by atoms with van der Waals surface area (Å²) in [5.41, 5.74) is -0.359. The molecule has 4 unspecified atom stereocenters. The van der Waals surface area contributed by atoms with E-state index in [0.717, 1.165) is 44.6 Å². The van der Waals surface area contributed by atoms with E-state index in [-0.39, 0.29) is 73.3 Å². The van der Waals surface area contributed by atoms with Crippen LogP contribution in [0, 0.1) is 34.0 Å². The topological polar surface area (TPSA) is 239 Å². The molecule has 20 heteroatoms. The molecule has 0 bridgehead atoms. The van der Waals surface area contributed by atoms with Crippen molar-refractivity contribution in [1.82, 2.24) is 27.9 Å². The third kappa shape index (κ3) is 7.80. The molecular formula is C46H56N8O10S2. The molecular weight excluding hydrogens is 889 g/mol. The zero-order valence-corrected chi connectivity index (χ0v) is 39.2. The number of nitrogens with one attached hydrogen (secondary N) is 4. The first-order valence-corrected chi connectivity index (χ1v) is 25.8. The van der Waals surface area contributed by atoms with Crippen LogP contribution in [0.5, 0.6) is 0 Å². The fourth-order valence-electron chi connectivity index (χ4n) is 10.7. The minimum atomic E-state index is -4.26. The molecule has 6 fully saturated rings. The summed E-state index contributed by atoms with van der Waals surface area (Å²) in [6.45, 7) is 12.1. The summed E-state index contributed by atoms with van der Waals surface area (Å²) >= 11 is 0. The lowest BCUT2D eigenvalue weighted by atomic mass is 9.72. The molecule has 4 N–H and O–H groups in total. The summed E-state index contributed by atoms with van der Waals surface area (Å²) in [4.78, 5) is 81.9. The molecule has 2 aromatic heterocycles. The van der Waals surface area contributed by atoms with Gasteiger partial charge in [-0.3, -0.25) is 39.2 Å². The summed E-state index contributed by atoms with van der Waals surface area (Å²) in [5.74, 6) is -1.56. The van der Waals surface area contributed by atoms with Crippen molar-refractivity contribution in [2.24, 2.45) is 34.0 Å². The van der Waals surface area contributed by atoms with Crippen LogP contribution in [-0.2, 0) is 42.7 Å². The second-order valence-electron chi connectivity index (χ2n) is 21.7. The van der Waals surface area contributed by atoms with E-state index < -0.39 is 70.9 Å². The Balaban J connectivity index is 0.909. The maximum atomic E-state index is 14.4. The van der Waals surface area contributed by atoms with Crippen LogP contribution in [0.3, 0.4) is 0 Å². The zero-order chi connectivity index (χ0) is 47.1. The average molecular weight is 945 g/mol. The van der Waals surface area contributed by atoms with Crippen LogP contribution >= 0.6 is 0 Å². The molecule has 10 rings (SSSR count). The van der Waals surface area contributed by atoms with Crippen LogP contribution in [0.1, 0.15) is 105 Å². The van der Waals surface area contributed by atoms with Crippen molar-refractivity contribution in [3.8, 4) is 0 Å². The largest absolute Gasteiger partial charge is 0.350 e. The van der Waals surface area contributed by atoms with Crippen molar-refractivity contribution >= 4 is 53.7 Å². The Bertz CT molecular complexity index is 3300. The lowest BCUT2D eigenvalue weighted by Gasteiger charge is -2.35. The standard InChI is InChI=1S/C46H56N8O10S2/c1-6-36(55)47-53-37(56)31-21-29(10-12-35(31)52(41(53)60)26-43(4)14-15-43)66(63,64)50-45(18-19-45)23-32-33-24-46(32,33)39(58)48-54-38(57)30-20-28(65(61,62)49-44(5)16-17-44)9-11-34(30)51(40(54)59)25-27-8-7-13-42(2,3)22-27/h6,9-12,20-21,27,32-33,49-50H,1,7-8,13-19,22-26H2,2-5H3,(H,47,55)(H,48,58). The van der Waals surface area contributed by atoms with Crippen molar-refractivity contribution in [3.05, 3.63) is 90.7 Å². The molecule has 0 aliphatic heterocycles. The van der Waals surface area contributed by atoms with Gasteiger partial charge in [0.15, 0.2) is 0 Å². The van der Waals surface area contributed by atoms with Gasteiger partial charge >= 0.3 is 11.4 Å². The van der Waals surface area contributed by atoms with Gasteiger partial charge in [0, 0.05) is 24.2 Å². The Morgan fingerprint density at radius 2 is 1.32 bits per heavy atom. The molecule has 6 aliphatic rings. The number of carbonyl (C=O) groups excluding carboxylic acids is 2. The van der Waals surface area contributed by atoms with Crippen molar-refractivity contribution < 1.29 is 26.4 Å². The second kappa shape index (κ2) is 14.7. The van der Waals surface area contributed by atoms with E-state index in [2.05, 4.69) is 40.7 Å². The second-order valence-corrected chi connectivity index (χ2v) is 25.0. The molecule has 6 aliphatic carbocycles. The maximum absolute atomic E-state index is 14.4. The smallest absolute Gasteiger partial charge is 0.291 e. The highest BCUT2D eigenvalue weighted by Gasteiger charge is 2.83. The number of hydrogen-bond acceptors (Lipinski definition) is 10. The molecule has 4 aromatic rings. The van der Waals surface area contributed by atoms with Crippen molar-refractivity contribution in [2.75, 3.05) is 10.9 Å². The van der Waals surface area contributed by atoms with Crippen LogP contribution in [-0.4, -0.2) is 58.2 Å². The Morgan fingerprint density at radius 3 is 1.86 bits per heavy atom. The average Bonchev–Trinajstić information content (AvgIpc) is 4.00. The van der Waals surface area contributed by atoms with Gasteiger partial charge < -0.3 is 0 Å². The van der Waals surface area contributed by atoms with Gasteiger partial charge in [-0.05, 0) is 149 Å². The highest BCUT2D eigenvalue weighted by atomic mass is 32.2. The first kappa shape index (κ1) is 44.6. The van der Waals surface area contributed by atoms with Gasteiger partial charge in [-0.15, -0.1) is 0 Å². The van der Waals surface area contributed by atoms with E-state index in [1.54, 1.807) is 0 Å². The number of nitrogens with zero attached hydrogens (tertiary/aromatic N) is 4. The number of fused-ring (bicyclic) bond motifs is 3. The van der Waals surface area contributed by atoms with Crippen molar-refractivity contribution in [1.29, 1.82) is 0 Å².